The van der Waals surface area contributed by atoms with Crippen LogP contribution in [0.5, 0.6) is 0 Å². The van der Waals surface area contributed by atoms with Crippen molar-refractivity contribution in [1.29, 1.82) is 0 Å². The lowest BCUT2D eigenvalue weighted by Crippen LogP contribution is -2.36. The molecule has 2 N–H and O–H groups in total. The fourth-order valence-corrected chi connectivity index (χ4v) is 3.76. The SMILES string of the molecule is CCOC(=O)C1=C(OCCN)N(C)C(C)=C(C(=O)OC)C1c1cccc(C(F)(F)F)c1Cl. The van der Waals surface area contributed by atoms with Crippen molar-refractivity contribution in [3.63, 3.8) is 0 Å². The summed E-state index contributed by atoms with van der Waals surface area (Å²) in [5, 5.41) is -0.649. The van der Waals surface area contributed by atoms with Gasteiger partial charge in [-0.3, -0.25) is 0 Å². The van der Waals surface area contributed by atoms with Gasteiger partial charge in [0.05, 0.1) is 35.8 Å². The second-order valence-electron chi connectivity index (χ2n) is 6.77. The Morgan fingerprint density at radius 2 is 1.88 bits per heavy atom. The Balaban J connectivity index is 2.92. The maximum absolute atomic E-state index is 13.5. The molecule has 1 aromatic rings. The van der Waals surface area contributed by atoms with Gasteiger partial charge in [-0.05, 0) is 25.5 Å². The van der Waals surface area contributed by atoms with Crippen LogP contribution >= 0.6 is 11.6 Å². The van der Waals surface area contributed by atoms with E-state index in [4.69, 9.17) is 31.5 Å². The van der Waals surface area contributed by atoms with Gasteiger partial charge in [0.1, 0.15) is 12.2 Å². The number of methoxy groups -OCH3 is 1. The third-order valence-electron chi connectivity index (χ3n) is 4.91. The number of ether oxygens (including phenoxy) is 3. The molecule has 1 heterocycles. The first-order chi connectivity index (χ1) is 15.0. The Hall–Kier alpha value is -2.72. The minimum atomic E-state index is -4.75. The summed E-state index contributed by atoms with van der Waals surface area (Å²) in [6.07, 6.45) is -4.75. The average molecular weight is 477 g/mol. The van der Waals surface area contributed by atoms with Crippen molar-refractivity contribution >= 4 is 23.5 Å². The normalized spacial score (nSPS) is 16.9. The molecule has 1 aliphatic rings. The van der Waals surface area contributed by atoms with Gasteiger partial charge in [-0.15, -0.1) is 0 Å². The lowest BCUT2D eigenvalue weighted by atomic mass is 9.80. The zero-order chi connectivity index (χ0) is 24.2. The monoisotopic (exact) mass is 476 g/mol. The summed E-state index contributed by atoms with van der Waals surface area (Å²) < 4.78 is 56.3. The fraction of sp³-hybridized carbons (Fsp3) is 0.429. The highest BCUT2D eigenvalue weighted by Crippen LogP contribution is 2.47. The standard InChI is InChI=1S/C21H24ClF3N2O5/c1-5-31-20(29)16-15(12-7-6-8-13(17(12)22)21(23,24)25)14(19(28)30-4)11(2)27(3)18(16)32-10-9-26/h6-8,15H,5,9-10,26H2,1-4H3. The smallest absolute Gasteiger partial charge is 0.417 e. The van der Waals surface area contributed by atoms with Crippen molar-refractivity contribution in [1.82, 2.24) is 4.90 Å². The van der Waals surface area contributed by atoms with Crippen LogP contribution in [0.3, 0.4) is 0 Å². The second-order valence-corrected chi connectivity index (χ2v) is 7.14. The summed E-state index contributed by atoms with van der Waals surface area (Å²) in [7, 11) is 2.66. The minimum absolute atomic E-state index is 0.00229. The molecule has 1 aliphatic heterocycles. The number of esters is 2. The first kappa shape index (κ1) is 25.5. The van der Waals surface area contributed by atoms with Gasteiger partial charge < -0.3 is 24.8 Å². The summed E-state index contributed by atoms with van der Waals surface area (Å²) in [5.41, 5.74) is 4.35. The zero-order valence-electron chi connectivity index (χ0n) is 18.0. The second kappa shape index (κ2) is 10.3. The fourth-order valence-electron chi connectivity index (χ4n) is 3.41. The number of carbonyl (C=O) groups excluding carboxylic acids is 2. The number of nitrogens with two attached hydrogens (primary N) is 1. The van der Waals surface area contributed by atoms with Crippen LogP contribution < -0.4 is 5.73 Å². The van der Waals surface area contributed by atoms with Crippen molar-refractivity contribution in [2.24, 2.45) is 5.73 Å². The van der Waals surface area contributed by atoms with Crippen LogP contribution in [0.25, 0.3) is 0 Å². The summed E-state index contributed by atoms with van der Waals surface area (Å²) in [6.45, 7) is 3.21. The van der Waals surface area contributed by atoms with Crippen molar-refractivity contribution in [3.05, 3.63) is 57.1 Å². The maximum Gasteiger partial charge on any atom is 0.417 e. The van der Waals surface area contributed by atoms with Crippen LogP contribution in [0.2, 0.25) is 5.02 Å². The number of rotatable bonds is 7. The summed E-state index contributed by atoms with van der Waals surface area (Å²) in [4.78, 5) is 27.2. The molecular weight excluding hydrogens is 453 g/mol. The van der Waals surface area contributed by atoms with E-state index in [1.54, 1.807) is 13.8 Å². The molecule has 1 aromatic carbocycles. The summed E-state index contributed by atoms with van der Waals surface area (Å²) >= 11 is 6.18. The van der Waals surface area contributed by atoms with Gasteiger partial charge >= 0.3 is 18.1 Å². The minimum Gasteiger partial charge on any atom is -0.477 e. The van der Waals surface area contributed by atoms with Gasteiger partial charge in [-0.25, -0.2) is 9.59 Å². The molecule has 0 fully saturated rings. The van der Waals surface area contributed by atoms with Crippen LogP contribution in [0.1, 0.15) is 30.9 Å². The Morgan fingerprint density at radius 3 is 2.41 bits per heavy atom. The lowest BCUT2D eigenvalue weighted by molar-refractivity contribution is -0.139. The van der Waals surface area contributed by atoms with Crippen LogP contribution in [-0.2, 0) is 30.0 Å². The summed E-state index contributed by atoms with van der Waals surface area (Å²) in [5.74, 6) is -3.05. The van der Waals surface area contributed by atoms with E-state index in [0.29, 0.717) is 5.70 Å². The number of benzene rings is 1. The molecule has 0 aliphatic carbocycles. The Labute approximate surface area is 188 Å². The van der Waals surface area contributed by atoms with E-state index >= 15 is 0 Å². The predicted molar refractivity (Wildman–Crippen MR) is 110 cm³/mol. The first-order valence-electron chi connectivity index (χ1n) is 9.63. The molecule has 176 valence electrons. The van der Waals surface area contributed by atoms with Gasteiger partial charge in [0, 0.05) is 19.3 Å². The van der Waals surface area contributed by atoms with Gasteiger partial charge in [0.25, 0.3) is 0 Å². The molecule has 0 saturated heterocycles. The lowest BCUT2D eigenvalue weighted by Gasteiger charge is -2.36. The number of allylic oxidation sites excluding steroid dienone is 1. The average Bonchev–Trinajstić information content (AvgIpc) is 2.73. The van der Waals surface area contributed by atoms with Gasteiger partial charge in [-0.2, -0.15) is 13.2 Å². The van der Waals surface area contributed by atoms with Crippen LogP contribution in [0, 0.1) is 0 Å². The molecule has 0 spiro atoms. The first-order valence-corrected chi connectivity index (χ1v) is 10.0. The topological polar surface area (TPSA) is 91.1 Å². The number of alkyl halides is 3. The van der Waals surface area contributed by atoms with E-state index in [-0.39, 0.29) is 42.4 Å². The molecule has 11 heteroatoms. The molecule has 0 bridgehead atoms. The molecule has 2 rings (SSSR count). The van der Waals surface area contributed by atoms with Crippen LogP contribution in [0.15, 0.2) is 40.9 Å². The van der Waals surface area contributed by atoms with E-state index in [1.165, 1.54) is 18.0 Å². The van der Waals surface area contributed by atoms with Gasteiger partial charge in [0.2, 0.25) is 5.88 Å². The molecule has 1 atom stereocenters. The number of hydrogen-bond donors (Lipinski definition) is 1. The highest BCUT2D eigenvalue weighted by Gasteiger charge is 2.44. The Bertz CT molecular complexity index is 959. The van der Waals surface area contributed by atoms with Crippen LogP contribution in [-0.4, -0.2) is 50.8 Å². The quantitative estimate of drug-likeness (QED) is 0.601. The van der Waals surface area contributed by atoms with Crippen molar-refractivity contribution < 1.29 is 37.0 Å². The zero-order valence-corrected chi connectivity index (χ0v) is 18.8. The molecule has 1 unspecified atom stereocenters. The van der Waals surface area contributed by atoms with E-state index in [9.17, 15) is 22.8 Å². The maximum atomic E-state index is 13.5. The van der Waals surface area contributed by atoms with Crippen molar-refractivity contribution in [2.75, 3.05) is 33.9 Å². The third kappa shape index (κ3) is 4.86. The Morgan fingerprint density at radius 1 is 1.22 bits per heavy atom. The molecule has 32 heavy (non-hydrogen) atoms. The predicted octanol–water partition coefficient (Wildman–Crippen LogP) is 3.58. The molecule has 7 nitrogen and oxygen atoms in total. The number of carbonyl (C=O) groups is 2. The number of hydrogen-bond acceptors (Lipinski definition) is 7. The largest absolute Gasteiger partial charge is 0.477 e. The van der Waals surface area contributed by atoms with Gasteiger partial charge in [-0.1, -0.05) is 23.7 Å². The van der Waals surface area contributed by atoms with Crippen LogP contribution in [0.4, 0.5) is 13.2 Å². The van der Waals surface area contributed by atoms with Gasteiger partial charge in [0.15, 0.2) is 0 Å². The van der Waals surface area contributed by atoms with Crippen molar-refractivity contribution in [3.8, 4) is 0 Å². The highest BCUT2D eigenvalue weighted by atomic mass is 35.5. The summed E-state index contributed by atoms with van der Waals surface area (Å²) in [6, 6.07) is 3.27. The van der Waals surface area contributed by atoms with E-state index in [1.807, 2.05) is 0 Å². The number of halogens is 4. The number of nitrogens with zero attached hydrogens (tertiary/aromatic N) is 1. The van der Waals surface area contributed by atoms with E-state index in [0.717, 1.165) is 19.2 Å². The van der Waals surface area contributed by atoms with E-state index in [2.05, 4.69) is 0 Å². The molecule has 0 radical (unpaired) electrons. The molecule has 0 amide bonds. The van der Waals surface area contributed by atoms with E-state index < -0.39 is 34.6 Å². The molecular formula is C21H24ClF3N2O5. The van der Waals surface area contributed by atoms with Crippen molar-refractivity contribution in [2.45, 2.75) is 25.9 Å². The molecule has 0 aromatic heterocycles. The highest BCUT2D eigenvalue weighted by molar-refractivity contribution is 6.32. The Kier molecular flexibility index (Phi) is 8.19. The molecule has 0 saturated carbocycles. The third-order valence-corrected chi connectivity index (χ3v) is 5.33.